The van der Waals surface area contributed by atoms with Crippen molar-refractivity contribution in [3.63, 3.8) is 0 Å². The number of rotatable bonds is 3. The average Bonchev–Trinajstić information content (AvgIpc) is 2.76. The van der Waals surface area contributed by atoms with Crippen LogP contribution in [0.1, 0.15) is 24.8 Å². The summed E-state index contributed by atoms with van der Waals surface area (Å²) < 4.78 is 42.9. The van der Waals surface area contributed by atoms with Crippen molar-refractivity contribution < 1.29 is 17.9 Å². The standard InChI is InChI=1S/C13H16F3NO/c14-13(15,16)10-4-6-11(7-5-10)18-12-3-1-2-9(12)8-17/h4-7,9,12H,1-3,8,17H2. The van der Waals surface area contributed by atoms with Gasteiger partial charge in [-0.25, -0.2) is 0 Å². The molecule has 0 aliphatic heterocycles. The lowest BCUT2D eigenvalue weighted by atomic mass is 10.1. The summed E-state index contributed by atoms with van der Waals surface area (Å²) in [6.07, 6.45) is -1.25. The predicted molar refractivity (Wildman–Crippen MR) is 62.3 cm³/mol. The van der Waals surface area contributed by atoms with Crippen LogP contribution in [0.2, 0.25) is 0 Å². The van der Waals surface area contributed by atoms with Crippen molar-refractivity contribution in [3.05, 3.63) is 29.8 Å². The molecule has 0 radical (unpaired) electrons. The van der Waals surface area contributed by atoms with Gasteiger partial charge < -0.3 is 10.5 Å². The van der Waals surface area contributed by atoms with E-state index in [0.29, 0.717) is 18.2 Å². The van der Waals surface area contributed by atoms with Crippen molar-refractivity contribution >= 4 is 0 Å². The zero-order valence-electron chi connectivity index (χ0n) is 9.91. The SMILES string of the molecule is NCC1CCCC1Oc1ccc(C(F)(F)F)cc1. The maximum atomic E-state index is 12.4. The van der Waals surface area contributed by atoms with Crippen LogP contribution in [0.25, 0.3) is 0 Å². The Bertz CT molecular complexity index is 388. The van der Waals surface area contributed by atoms with Crippen LogP contribution in [0, 0.1) is 5.92 Å². The topological polar surface area (TPSA) is 35.2 Å². The van der Waals surface area contributed by atoms with Gasteiger partial charge in [-0.05, 0) is 50.1 Å². The van der Waals surface area contributed by atoms with Crippen LogP contribution in [0.3, 0.4) is 0 Å². The third-order valence-electron chi connectivity index (χ3n) is 3.36. The first-order valence-electron chi connectivity index (χ1n) is 6.04. The summed E-state index contributed by atoms with van der Waals surface area (Å²) >= 11 is 0. The molecule has 1 aliphatic rings. The molecule has 1 aliphatic carbocycles. The molecule has 1 aromatic rings. The van der Waals surface area contributed by atoms with Crippen LogP contribution in [0.4, 0.5) is 13.2 Å². The second-order valence-corrected chi connectivity index (χ2v) is 4.61. The average molecular weight is 259 g/mol. The van der Waals surface area contributed by atoms with E-state index in [9.17, 15) is 13.2 Å². The minimum atomic E-state index is -4.30. The number of benzene rings is 1. The van der Waals surface area contributed by atoms with Crippen molar-refractivity contribution in [2.24, 2.45) is 11.7 Å². The molecule has 2 atom stereocenters. The first-order valence-corrected chi connectivity index (χ1v) is 6.04. The van der Waals surface area contributed by atoms with E-state index in [4.69, 9.17) is 10.5 Å². The van der Waals surface area contributed by atoms with E-state index in [0.717, 1.165) is 31.4 Å². The molecule has 0 heterocycles. The van der Waals surface area contributed by atoms with Crippen LogP contribution in [-0.4, -0.2) is 12.6 Å². The van der Waals surface area contributed by atoms with Crippen LogP contribution in [-0.2, 0) is 6.18 Å². The summed E-state index contributed by atoms with van der Waals surface area (Å²) in [6.45, 7) is 0.561. The second kappa shape index (κ2) is 5.18. The van der Waals surface area contributed by atoms with Crippen LogP contribution >= 0.6 is 0 Å². The smallest absolute Gasteiger partial charge is 0.416 e. The number of hydrogen-bond donors (Lipinski definition) is 1. The van der Waals surface area contributed by atoms with E-state index in [2.05, 4.69) is 0 Å². The first-order chi connectivity index (χ1) is 8.50. The lowest BCUT2D eigenvalue weighted by Crippen LogP contribution is -2.27. The van der Waals surface area contributed by atoms with Gasteiger partial charge in [0.15, 0.2) is 0 Å². The maximum absolute atomic E-state index is 12.4. The lowest BCUT2D eigenvalue weighted by Gasteiger charge is -2.20. The Morgan fingerprint density at radius 3 is 2.39 bits per heavy atom. The molecule has 100 valence electrons. The van der Waals surface area contributed by atoms with Gasteiger partial charge in [0.1, 0.15) is 11.9 Å². The molecule has 1 fully saturated rings. The van der Waals surface area contributed by atoms with Gasteiger partial charge in [0.2, 0.25) is 0 Å². The minimum Gasteiger partial charge on any atom is -0.490 e. The fourth-order valence-corrected chi connectivity index (χ4v) is 2.32. The highest BCUT2D eigenvalue weighted by molar-refractivity contribution is 5.29. The number of ether oxygens (including phenoxy) is 1. The quantitative estimate of drug-likeness (QED) is 0.904. The van der Waals surface area contributed by atoms with Crippen molar-refractivity contribution in [1.82, 2.24) is 0 Å². The molecule has 0 aromatic heterocycles. The number of halogens is 3. The maximum Gasteiger partial charge on any atom is 0.416 e. The lowest BCUT2D eigenvalue weighted by molar-refractivity contribution is -0.137. The zero-order chi connectivity index (χ0) is 13.2. The van der Waals surface area contributed by atoms with Crippen molar-refractivity contribution in [3.8, 4) is 5.75 Å². The summed E-state index contributed by atoms with van der Waals surface area (Å²) in [4.78, 5) is 0. The van der Waals surface area contributed by atoms with E-state index in [1.54, 1.807) is 0 Å². The molecule has 2 unspecified atom stereocenters. The van der Waals surface area contributed by atoms with E-state index in [-0.39, 0.29) is 6.10 Å². The Morgan fingerprint density at radius 1 is 1.17 bits per heavy atom. The Hall–Kier alpha value is -1.23. The van der Waals surface area contributed by atoms with E-state index in [1.165, 1.54) is 12.1 Å². The molecule has 2 rings (SSSR count). The summed E-state index contributed by atoms with van der Waals surface area (Å²) in [5, 5.41) is 0. The Balaban J connectivity index is 2.02. The molecule has 1 saturated carbocycles. The molecule has 0 spiro atoms. The molecule has 2 N–H and O–H groups in total. The van der Waals surface area contributed by atoms with Gasteiger partial charge in [0.25, 0.3) is 0 Å². The monoisotopic (exact) mass is 259 g/mol. The highest BCUT2D eigenvalue weighted by Gasteiger charge is 2.31. The molecule has 2 nitrogen and oxygen atoms in total. The van der Waals surface area contributed by atoms with Crippen molar-refractivity contribution in [2.45, 2.75) is 31.5 Å². The fourth-order valence-electron chi connectivity index (χ4n) is 2.32. The molecule has 18 heavy (non-hydrogen) atoms. The van der Waals surface area contributed by atoms with Gasteiger partial charge in [-0.3, -0.25) is 0 Å². The van der Waals surface area contributed by atoms with E-state index in [1.807, 2.05) is 0 Å². The molecular formula is C13H16F3NO. The fraction of sp³-hybridized carbons (Fsp3) is 0.538. The van der Waals surface area contributed by atoms with Gasteiger partial charge in [-0.1, -0.05) is 0 Å². The molecule has 0 amide bonds. The van der Waals surface area contributed by atoms with E-state index < -0.39 is 11.7 Å². The molecule has 0 saturated heterocycles. The summed E-state index contributed by atoms with van der Waals surface area (Å²) in [6, 6.07) is 4.83. The largest absolute Gasteiger partial charge is 0.490 e. The third kappa shape index (κ3) is 2.96. The highest BCUT2D eigenvalue weighted by atomic mass is 19.4. The number of alkyl halides is 3. The minimum absolute atomic E-state index is 0.0340. The zero-order valence-corrected chi connectivity index (χ0v) is 9.91. The Kier molecular flexibility index (Phi) is 3.80. The summed E-state index contributed by atoms with van der Waals surface area (Å²) in [5.41, 5.74) is 4.97. The van der Waals surface area contributed by atoms with Gasteiger partial charge in [0.05, 0.1) is 5.56 Å². The second-order valence-electron chi connectivity index (χ2n) is 4.61. The van der Waals surface area contributed by atoms with Gasteiger partial charge >= 0.3 is 6.18 Å². The first kappa shape index (κ1) is 13.2. The predicted octanol–water partition coefficient (Wildman–Crippen LogP) is 3.21. The van der Waals surface area contributed by atoms with Crippen LogP contribution in [0.15, 0.2) is 24.3 Å². The van der Waals surface area contributed by atoms with Gasteiger partial charge in [0, 0.05) is 5.92 Å². The summed E-state index contributed by atoms with van der Waals surface area (Å²) in [5.74, 6) is 0.792. The van der Waals surface area contributed by atoms with E-state index >= 15 is 0 Å². The molecule has 1 aromatic carbocycles. The number of hydrogen-bond acceptors (Lipinski definition) is 2. The molecule has 5 heteroatoms. The Labute approximate surface area is 104 Å². The van der Waals surface area contributed by atoms with Gasteiger partial charge in [-0.15, -0.1) is 0 Å². The summed E-state index contributed by atoms with van der Waals surface area (Å²) in [7, 11) is 0. The van der Waals surface area contributed by atoms with Crippen molar-refractivity contribution in [2.75, 3.05) is 6.54 Å². The van der Waals surface area contributed by atoms with Crippen molar-refractivity contribution in [1.29, 1.82) is 0 Å². The van der Waals surface area contributed by atoms with Crippen LogP contribution in [0.5, 0.6) is 5.75 Å². The van der Waals surface area contributed by atoms with Crippen LogP contribution < -0.4 is 10.5 Å². The molecular weight excluding hydrogens is 243 g/mol. The highest BCUT2D eigenvalue weighted by Crippen LogP contribution is 2.32. The number of nitrogens with two attached hydrogens (primary N) is 1. The normalized spacial score (nSPS) is 24.2. The molecule has 0 bridgehead atoms. The Morgan fingerprint density at radius 2 is 1.83 bits per heavy atom. The third-order valence-corrected chi connectivity index (χ3v) is 3.36. The van der Waals surface area contributed by atoms with Gasteiger partial charge in [-0.2, -0.15) is 13.2 Å².